The predicted molar refractivity (Wildman–Crippen MR) is 83.3 cm³/mol. The summed E-state index contributed by atoms with van der Waals surface area (Å²) in [5, 5.41) is 3.53. The van der Waals surface area contributed by atoms with Crippen molar-refractivity contribution in [3.63, 3.8) is 0 Å². The summed E-state index contributed by atoms with van der Waals surface area (Å²) in [7, 11) is 0. The minimum absolute atomic E-state index is 0.0510. The van der Waals surface area contributed by atoms with Crippen molar-refractivity contribution in [1.82, 2.24) is 4.90 Å². The number of carbonyl (C=O) groups excluding carboxylic acids is 1. The molecule has 2 nitrogen and oxygen atoms in total. The van der Waals surface area contributed by atoms with Gasteiger partial charge in [0.05, 0.1) is 5.56 Å². The van der Waals surface area contributed by atoms with E-state index in [1.165, 1.54) is 23.1 Å². The molecule has 0 spiro atoms. The first-order valence-corrected chi connectivity index (χ1v) is 8.57. The first-order valence-electron chi connectivity index (χ1n) is 6.41. The lowest BCUT2D eigenvalue weighted by molar-refractivity contribution is -0.141. The van der Waals surface area contributed by atoms with Crippen molar-refractivity contribution in [2.45, 2.75) is 17.6 Å². The molecule has 0 aliphatic rings. The van der Waals surface area contributed by atoms with E-state index in [1.807, 2.05) is 0 Å². The van der Waals surface area contributed by atoms with Crippen molar-refractivity contribution in [1.29, 1.82) is 0 Å². The summed E-state index contributed by atoms with van der Waals surface area (Å²) in [6, 6.07) is 8.43. The normalized spacial score (nSPS) is 11.5. The highest BCUT2D eigenvalue weighted by Crippen LogP contribution is 2.25. The van der Waals surface area contributed by atoms with Crippen LogP contribution in [0.15, 0.2) is 46.0 Å². The van der Waals surface area contributed by atoms with E-state index in [0.29, 0.717) is 16.0 Å². The summed E-state index contributed by atoms with van der Waals surface area (Å²) in [5.74, 6) is -0.603. The van der Waals surface area contributed by atoms with Gasteiger partial charge in [-0.05, 0) is 40.8 Å². The number of benzene rings is 1. The van der Waals surface area contributed by atoms with Gasteiger partial charge in [0.2, 0.25) is 0 Å². The van der Waals surface area contributed by atoms with Crippen LogP contribution in [0.5, 0.6) is 0 Å². The van der Waals surface area contributed by atoms with Gasteiger partial charge in [0.15, 0.2) is 0 Å². The van der Waals surface area contributed by atoms with Gasteiger partial charge in [-0.1, -0.05) is 12.1 Å². The van der Waals surface area contributed by atoms with Crippen molar-refractivity contribution < 1.29 is 18.0 Å². The predicted octanol–water partition coefficient (Wildman–Crippen LogP) is 4.67. The average Bonchev–Trinajstić information content (AvgIpc) is 2.97. The molecule has 1 amide bonds. The Balaban J connectivity index is 2.29. The molecule has 1 aromatic carbocycles. The Morgan fingerprint density at radius 3 is 2.59 bits per heavy atom. The zero-order valence-electron chi connectivity index (χ0n) is 11.8. The van der Waals surface area contributed by atoms with Gasteiger partial charge in [-0.15, -0.1) is 11.8 Å². The number of hydrogen-bond acceptors (Lipinski definition) is 3. The summed E-state index contributed by atoms with van der Waals surface area (Å²) in [5.41, 5.74) is 0.999. The largest absolute Gasteiger partial charge is 0.406 e. The molecule has 0 unspecified atom stereocenters. The average molecular weight is 345 g/mol. The molecule has 0 aliphatic heterocycles. The molecule has 2 aromatic rings. The highest BCUT2D eigenvalue weighted by atomic mass is 32.2. The summed E-state index contributed by atoms with van der Waals surface area (Å²) < 4.78 is 38.4. The monoisotopic (exact) mass is 345 g/mol. The minimum Gasteiger partial charge on any atom is -0.325 e. The Kier molecular flexibility index (Phi) is 5.52. The second kappa shape index (κ2) is 7.19. The number of nitrogens with zero attached hydrogens (tertiary/aromatic N) is 1. The fourth-order valence-electron chi connectivity index (χ4n) is 2.01. The van der Waals surface area contributed by atoms with E-state index in [1.54, 1.807) is 47.3 Å². The van der Waals surface area contributed by atoms with Crippen molar-refractivity contribution in [2.24, 2.45) is 0 Å². The molecule has 0 saturated carbocycles. The molecule has 0 aliphatic carbocycles. The molecule has 118 valence electrons. The Labute approximate surface area is 134 Å². The van der Waals surface area contributed by atoms with Crippen LogP contribution in [0.3, 0.4) is 0 Å². The van der Waals surface area contributed by atoms with E-state index in [9.17, 15) is 18.0 Å². The number of halogens is 3. The smallest absolute Gasteiger partial charge is 0.325 e. The van der Waals surface area contributed by atoms with E-state index in [4.69, 9.17) is 0 Å². The first-order chi connectivity index (χ1) is 10.4. The van der Waals surface area contributed by atoms with Gasteiger partial charge in [0.25, 0.3) is 5.91 Å². The molecule has 0 bridgehead atoms. The standard InChI is InChI=1S/C15H14F3NOS2/c1-21-13-5-3-2-4-12(13)14(20)19(10-15(16,17)18)8-11-6-7-22-9-11/h2-7,9H,8,10H2,1H3. The minimum atomic E-state index is -4.43. The Morgan fingerprint density at radius 2 is 2.00 bits per heavy atom. The summed E-state index contributed by atoms with van der Waals surface area (Å²) >= 11 is 2.73. The molecule has 1 heterocycles. The Bertz CT molecular complexity index is 626. The summed E-state index contributed by atoms with van der Waals surface area (Å²) in [4.78, 5) is 14.1. The second-order valence-corrected chi connectivity index (χ2v) is 6.24. The maximum absolute atomic E-state index is 12.8. The Hall–Kier alpha value is -1.47. The third kappa shape index (κ3) is 4.51. The second-order valence-electron chi connectivity index (χ2n) is 4.61. The molecule has 0 saturated heterocycles. The lowest BCUT2D eigenvalue weighted by Crippen LogP contribution is -2.38. The van der Waals surface area contributed by atoms with Gasteiger partial charge in [-0.25, -0.2) is 0 Å². The van der Waals surface area contributed by atoms with Gasteiger partial charge in [0, 0.05) is 11.4 Å². The summed E-state index contributed by atoms with van der Waals surface area (Å²) in [6.45, 7) is -1.31. The van der Waals surface area contributed by atoms with Crippen LogP contribution in [0.25, 0.3) is 0 Å². The molecular formula is C15H14F3NOS2. The number of amides is 1. The van der Waals surface area contributed by atoms with Gasteiger partial charge in [0.1, 0.15) is 6.54 Å². The fourth-order valence-corrected chi connectivity index (χ4v) is 3.26. The highest BCUT2D eigenvalue weighted by Gasteiger charge is 2.34. The number of thiophene rings is 1. The SMILES string of the molecule is CSc1ccccc1C(=O)N(Cc1ccsc1)CC(F)(F)F. The van der Waals surface area contributed by atoms with Crippen molar-refractivity contribution >= 4 is 29.0 Å². The molecule has 22 heavy (non-hydrogen) atoms. The molecule has 0 radical (unpaired) electrons. The highest BCUT2D eigenvalue weighted by molar-refractivity contribution is 7.98. The van der Waals surface area contributed by atoms with Crippen LogP contribution in [-0.2, 0) is 6.54 Å². The van der Waals surface area contributed by atoms with E-state index >= 15 is 0 Å². The third-order valence-electron chi connectivity index (χ3n) is 2.95. The number of thioether (sulfide) groups is 1. The van der Waals surface area contributed by atoms with Crippen LogP contribution in [0.2, 0.25) is 0 Å². The zero-order valence-corrected chi connectivity index (χ0v) is 13.4. The molecule has 0 fully saturated rings. The van der Waals surface area contributed by atoms with Crippen LogP contribution in [0.4, 0.5) is 13.2 Å². The molecule has 7 heteroatoms. The van der Waals surface area contributed by atoms with Gasteiger partial charge in [-0.2, -0.15) is 24.5 Å². The van der Waals surface area contributed by atoms with Crippen LogP contribution < -0.4 is 0 Å². The first kappa shape index (κ1) is 16.9. The number of carbonyl (C=O) groups is 1. The molecule has 1 aromatic heterocycles. The zero-order chi connectivity index (χ0) is 16.2. The topological polar surface area (TPSA) is 20.3 Å². The van der Waals surface area contributed by atoms with Crippen LogP contribution >= 0.6 is 23.1 Å². The fraction of sp³-hybridized carbons (Fsp3) is 0.267. The quantitative estimate of drug-likeness (QED) is 0.734. The lowest BCUT2D eigenvalue weighted by Gasteiger charge is -2.24. The van der Waals surface area contributed by atoms with E-state index in [2.05, 4.69) is 0 Å². The van der Waals surface area contributed by atoms with Crippen LogP contribution in [0, 0.1) is 0 Å². The maximum atomic E-state index is 12.8. The van der Waals surface area contributed by atoms with Crippen LogP contribution in [-0.4, -0.2) is 29.8 Å². The lowest BCUT2D eigenvalue weighted by atomic mass is 10.2. The van der Waals surface area contributed by atoms with Gasteiger partial charge >= 0.3 is 6.18 Å². The molecule has 2 rings (SSSR count). The molecule has 0 atom stereocenters. The third-order valence-corrected chi connectivity index (χ3v) is 4.48. The van der Waals surface area contributed by atoms with Gasteiger partial charge in [-0.3, -0.25) is 4.79 Å². The van der Waals surface area contributed by atoms with E-state index in [0.717, 1.165) is 4.90 Å². The Morgan fingerprint density at radius 1 is 1.27 bits per heavy atom. The van der Waals surface area contributed by atoms with E-state index in [-0.39, 0.29) is 6.54 Å². The number of alkyl halides is 3. The van der Waals surface area contributed by atoms with Gasteiger partial charge < -0.3 is 4.90 Å². The maximum Gasteiger partial charge on any atom is 0.406 e. The number of rotatable bonds is 5. The van der Waals surface area contributed by atoms with Crippen molar-refractivity contribution in [3.8, 4) is 0 Å². The molecular weight excluding hydrogens is 331 g/mol. The van der Waals surface area contributed by atoms with Crippen molar-refractivity contribution in [3.05, 3.63) is 52.2 Å². The number of hydrogen-bond donors (Lipinski definition) is 0. The summed E-state index contributed by atoms with van der Waals surface area (Å²) in [6.07, 6.45) is -2.64. The van der Waals surface area contributed by atoms with E-state index < -0.39 is 18.6 Å². The van der Waals surface area contributed by atoms with Crippen molar-refractivity contribution in [2.75, 3.05) is 12.8 Å². The van der Waals surface area contributed by atoms with Crippen LogP contribution in [0.1, 0.15) is 15.9 Å². The molecule has 0 N–H and O–H groups in total.